The number of aryl methyl sites for hydroxylation is 1. The van der Waals surface area contributed by atoms with Gasteiger partial charge in [0.05, 0.1) is 5.60 Å². The second-order valence-corrected chi connectivity index (χ2v) is 5.53. The zero-order chi connectivity index (χ0) is 12.5. The van der Waals surface area contributed by atoms with Gasteiger partial charge in [0.2, 0.25) is 0 Å². The Labute approximate surface area is 103 Å². The average Bonchev–Trinajstić information content (AvgIpc) is 2.28. The van der Waals surface area contributed by atoms with Crippen LogP contribution in [0.2, 0.25) is 0 Å². The molecular formula is C15H20O2. The summed E-state index contributed by atoms with van der Waals surface area (Å²) in [6.07, 6.45) is 1.66. The van der Waals surface area contributed by atoms with Gasteiger partial charge in [-0.15, -0.1) is 0 Å². The molecule has 2 heteroatoms. The Morgan fingerprint density at radius 1 is 1.29 bits per heavy atom. The summed E-state index contributed by atoms with van der Waals surface area (Å²) in [4.78, 5) is 12.3. The maximum atomic E-state index is 12.3. The van der Waals surface area contributed by atoms with E-state index in [0.29, 0.717) is 6.61 Å². The molecule has 0 aromatic heterocycles. The van der Waals surface area contributed by atoms with E-state index in [1.54, 1.807) is 0 Å². The van der Waals surface area contributed by atoms with Crippen LogP contribution >= 0.6 is 0 Å². The van der Waals surface area contributed by atoms with Gasteiger partial charge in [-0.1, -0.05) is 29.8 Å². The Hall–Kier alpha value is -1.15. The molecule has 0 spiro atoms. The van der Waals surface area contributed by atoms with E-state index >= 15 is 0 Å². The summed E-state index contributed by atoms with van der Waals surface area (Å²) in [5.74, 6) is 0.378. The zero-order valence-electron chi connectivity index (χ0n) is 10.8. The van der Waals surface area contributed by atoms with E-state index in [0.717, 1.165) is 18.4 Å². The van der Waals surface area contributed by atoms with Crippen LogP contribution in [0.5, 0.6) is 0 Å². The average molecular weight is 232 g/mol. The topological polar surface area (TPSA) is 26.3 Å². The Morgan fingerprint density at radius 3 is 2.53 bits per heavy atom. The smallest absolute Gasteiger partial charge is 0.166 e. The fraction of sp³-hybridized carbons (Fsp3) is 0.533. The molecule has 2 nitrogen and oxygen atoms in total. The predicted octanol–water partition coefficient (Wildman–Crippen LogP) is 3.38. The van der Waals surface area contributed by atoms with Crippen molar-refractivity contribution in [3.05, 3.63) is 35.4 Å². The van der Waals surface area contributed by atoms with Crippen molar-refractivity contribution in [1.82, 2.24) is 0 Å². The van der Waals surface area contributed by atoms with E-state index in [1.807, 2.05) is 31.2 Å². The van der Waals surface area contributed by atoms with Gasteiger partial charge < -0.3 is 4.74 Å². The molecule has 1 aliphatic rings. The van der Waals surface area contributed by atoms with Crippen LogP contribution in [0.3, 0.4) is 0 Å². The van der Waals surface area contributed by atoms with Gasteiger partial charge in [-0.3, -0.25) is 4.79 Å². The first-order valence-electron chi connectivity index (χ1n) is 6.23. The quantitative estimate of drug-likeness (QED) is 0.731. The number of carbonyl (C=O) groups is 1. The normalized spacial score (nSPS) is 23.4. The lowest BCUT2D eigenvalue weighted by atomic mass is 9.83. The number of hydrogen-bond donors (Lipinski definition) is 0. The number of Topliss-reactive ketones (excluding diaryl/α,β-unsaturated/α-hetero) is 1. The number of rotatable bonds is 2. The lowest BCUT2D eigenvalue weighted by molar-refractivity contribution is -0.0664. The highest BCUT2D eigenvalue weighted by Crippen LogP contribution is 2.30. The minimum atomic E-state index is -0.163. The summed E-state index contributed by atoms with van der Waals surface area (Å²) in [6, 6.07) is 7.86. The van der Waals surface area contributed by atoms with Gasteiger partial charge in [0.25, 0.3) is 0 Å². The van der Waals surface area contributed by atoms with Crippen molar-refractivity contribution in [2.75, 3.05) is 6.61 Å². The van der Waals surface area contributed by atoms with E-state index in [9.17, 15) is 4.79 Å². The van der Waals surface area contributed by atoms with Crippen LogP contribution in [0.4, 0.5) is 0 Å². The molecule has 92 valence electrons. The van der Waals surface area contributed by atoms with Crippen molar-refractivity contribution < 1.29 is 9.53 Å². The first kappa shape index (κ1) is 12.3. The molecule has 1 saturated heterocycles. The van der Waals surface area contributed by atoms with E-state index in [-0.39, 0.29) is 17.3 Å². The molecule has 0 saturated carbocycles. The maximum Gasteiger partial charge on any atom is 0.166 e. The monoisotopic (exact) mass is 232 g/mol. The summed E-state index contributed by atoms with van der Waals surface area (Å²) in [7, 11) is 0. The molecule has 1 aromatic carbocycles. The second-order valence-electron chi connectivity index (χ2n) is 5.53. The first-order chi connectivity index (χ1) is 7.98. The lowest BCUT2D eigenvalue weighted by Crippen LogP contribution is -2.37. The third-order valence-electron chi connectivity index (χ3n) is 3.40. The van der Waals surface area contributed by atoms with Crippen LogP contribution in [0, 0.1) is 12.8 Å². The highest BCUT2D eigenvalue weighted by Gasteiger charge is 2.33. The van der Waals surface area contributed by atoms with E-state index < -0.39 is 0 Å². The van der Waals surface area contributed by atoms with Crippen LogP contribution in [0.25, 0.3) is 0 Å². The summed E-state index contributed by atoms with van der Waals surface area (Å²) < 4.78 is 5.65. The number of ether oxygens (including phenoxy) is 1. The van der Waals surface area contributed by atoms with Gasteiger partial charge in [0, 0.05) is 18.1 Å². The van der Waals surface area contributed by atoms with Crippen molar-refractivity contribution >= 4 is 5.78 Å². The molecule has 1 fully saturated rings. The van der Waals surface area contributed by atoms with Crippen LogP contribution in [-0.4, -0.2) is 18.0 Å². The molecule has 0 aliphatic carbocycles. The van der Waals surface area contributed by atoms with Crippen molar-refractivity contribution in [2.45, 2.75) is 39.2 Å². The van der Waals surface area contributed by atoms with Crippen LogP contribution < -0.4 is 0 Å². The Morgan fingerprint density at radius 2 is 1.94 bits per heavy atom. The van der Waals surface area contributed by atoms with Gasteiger partial charge in [-0.05, 0) is 33.6 Å². The number of hydrogen-bond acceptors (Lipinski definition) is 2. The van der Waals surface area contributed by atoms with Crippen LogP contribution in [0.1, 0.15) is 42.6 Å². The second kappa shape index (κ2) is 4.61. The first-order valence-corrected chi connectivity index (χ1v) is 6.23. The fourth-order valence-electron chi connectivity index (χ4n) is 2.41. The fourth-order valence-corrected chi connectivity index (χ4v) is 2.41. The molecule has 0 N–H and O–H groups in total. The Balaban J connectivity index is 2.12. The van der Waals surface area contributed by atoms with Crippen molar-refractivity contribution in [2.24, 2.45) is 5.92 Å². The molecule has 0 unspecified atom stereocenters. The van der Waals surface area contributed by atoms with Crippen molar-refractivity contribution in [3.63, 3.8) is 0 Å². The number of carbonyl (C=O) groups excluding carboxylic acids is 1. The highest BCUT2D eigenvalue weighted by molar-refractivity contribution is 5.98. The molecule has 1 heterocycles. The minimum absolute atomic E-state index is 0.112. The lowest BCUT2D eigenvalue weighted by Gasteiger charge is -2.34. The SMILES string of the molecule is Cc1ccc(C(=O)[C@H]2CCOC(C)(C)C2)cc1. The standard InChI is InChI=1S/C15H20O2/c1-11-4-6-12(7-5-11)14(16)13-8-9-17-15(2,3)10-13/h4-7,13H,8-10H2,1-3H3/t13-/m0/s1. The molecular weight excluding hydrogens is 212 g/mol. The third-order valence-corrected chi connectivity index (χ3v) is 3.40. The highest BCUT2D eigenvalue weighted by atomic mass is 16.5. The number of benzene rings is 1. The minimum Gasteiger partial charge on any atom is -0.376 e. The molecule has 0 bridgehead atoms. The van der Waals surface area contributed by atoms with Crippen molar-refractivity contribution in [3.8, 4) is 0 Å². The molecule has 2 rings (SSSR count). The van der Waals surface area contributed by atoms with Gasteiger partial charge >= 0.3 is 0 Å². The molecule has 17 heavy (non-hydrogen) atoms. The summed E-state index contributed by atoms with van der Waals surface area (Å²) in [6.45, 7) is 6.84. The zero-order valence-corrected chi connectivity index (χ0v) is 10.8. The molecule has 1 atom stereocenters. The molecule has 1 aromatic rings. The van der Waals surface area contributed by atoms with Crippen LogP contribution in [0.15, 0.2) is 24.3 Å². The molecule has 1 aliphatic heterocycles. The summed E-state index contributed by atoms with van der Waals surface area (Å²) in [5.41, 5.74) is 1.86. The van der Waals surface area contributed by atoms with Crippen molar-refractivity contribution in [1.29, 1.82) is 0 Å². The largest absolute Gasteiger partial charge is 0.376 e. The van der Waals surface area contributed by atoms with Gasteiger partial charge in [0.1, 0.15) is 0 Å². The molecule has 0 radical (unpaired) electrons. The summed E-state index contributed by atoms with van der Waals surface area (Å²) >= 11 is 0. The maximum absolute atomic E-state index is 12.3. The van der Waals surface area contributed by atoms with Gasteiger partial charge in [0.15, 0.2) is 5.78 Å². The third kappa shape index (κ3) is 2.95. The Kier molecular flexibility index (Phi) is 3.34. The molecule has 0 amide bonds. The Bertz CT molecular complexity index is 403. The van der Waals surface area contributed by atoms with E-state index in [1.165, 1.54) is 5.56 Å². The van der Waals surface area contributed by atoms with Crippen LogP contribution in [-0.2, 0) is 4.74 Å². The van der Waals surface area contributed by atoms with Gasteiger partial charge in [-0.25, -0.2) is 0 Å². The predicted molar refractivity (Wildman–Crippen MR) is 68.3 cm³/mol. The van der Waals surface area contributed by atoms with E-state index in [4.69, 9.17) is 4.74 Å². The van der Waals surface area contributed by atoms with Gasteiger partial charge in [-0.2, -0.15) is 0 Å². The van der Waals surface area contributed by atoms with E-state index in [2.05, 4.69) is 13.8 Å². The summed E-state index contributed by atoms with van der Waals surface area (Å²) in [5, 5.41) is 0. The number of ketones is 1.